The molecule has 0 aromatic carbocycles. The summed E-state index contributed by atoms with van der Waals surface area (Å²) >= 11 is 0. The fourth-order valence-corrected chi connectivity index (χ4v) is 5.57. The monoisotopic (exact) mass is 467 g/mol. The van der Waals surface area contributed by atoms with Gasteiger partial charge in [-0.25, -0.2) is 23.2 Å². The Kier molecular flexibility index (Phi) is 6.90. The molecule has 2 bridgehead atoms. The first-order valence-corrected chi connectivity index (χ1v) is 13.4. The van der Waals surface area contributed by atoms with Crippen LogP contribution in [-0.2, 0) is 19.3 Å². The fraction of sp³-hybridized carbons (Fsp3) is 0.773. The van der Waals surface area contributed by atoms with Gasteiger partial charge in [0.2, 0.25) is 5.88 Å². The average Bonchev–Trinajstić information content (AvgIpc) is 3.00. The van der Waals surface area contributed by atoms with Crippen molar-refractivity contribution in [2.24, 2.45) is 0 Å². The van der Waals surface area contributed by atoms with Crippen molar-refractivity contribution >= 4 is 15.9 Å². The summed E-state index contributed by atoms with van der Waals surface area (Å²) in [6.07, 6.45) is 11.2. The van der Waals surface area contributed by atoms with Crippen molar-refractivity contribution < 1.29 is 27.4 Å². The molecule has 4 rings (SSSR count). The number of fused-ring (bicyclic) bond motifs is 2. The lowest BCUT2D eigenvalue weighted by Crippen LogP contribution is -2.50. The van der Waals surface area contributed by atoms with Crippen LogP contribution in [0.1, 0.15) is 65.2 Å². The molecule has 10 heteroatoms. The number of amides is 1. The van der Waals surface area contributed by atoms with Crippen LogP contribution in [0.2, 0.25) is 0 Å². The highest BCUT2D eigenvalue weighted by Crippen LogP contribution is 2.39. The number of sulfone groups is 1. The SMILES string of the molecule is CC(C)OC(=O)N1C2CCC1CC(OC1CCC(Oc3cnc(S(C)(=O)=O)cn3)CC1)C2. The van der Waals surface area contributed by atoms with E-state index in [-0.39, 0.29) is 47.6 Å². The number of piperidine rings is 1. The molecule has 3 fully saturated rings. The molecule has 9 nitrogen and oxygen atoms in total. The Morgan fingerprint density at radius 1 is 0.969 bits per heavy atom. The zero-order valence-corrected chi connectivity index (χ0v) is 19.8. The predicted octanol–water partition coefficient (Wildman–Crippen LogP) is 3.13. The minimum absolute atomic E-state index is 0.0251. The van der Waals surface area contributed by atoms with Gasteiger partial charge in [-0.2, -0.15) is 0 Å². The second-order valence-corrected chi connectivity index (χ2v) is 11.4. The van der Waals surface area contributed by atoms with E-state index in [1.165, 1.54) is 12.4 Å². The van der Waals surface area contributed by atoms with E-state index in [9.17, 15) is 13.2 Å². The topological polar surface area (TPSA) is 108 Å². The molecule has 1 aromatic heterocycles. The van der Waals surface area contributed by atoms with Crippen LogP contribution in [0.15, 0.2) is 17.4 Å². The minimum atomic E-state index is -3.37. The van der Waals surface area contributed by atoms with Crippen LogP contribution >= 0.6 is 0 Å². The number of carbonyl (C=O) groups is 1. The Morgan fingerprint density at radius 2 is 1.59 bits per heavy atom. The second-order valence-electron chi connectivity index (χ2n) is 9.44. The summed E-state index contributed by atoms with van der Waals surface area (Å²) in [6.45, 7) is 3.76. The Bertz CT molecular complexity index is 885. The van der Waals surface area contributed by atoms with Crippen molar-refractivity contribution in [3.8, 4) is 5.88 Å². The highest BCUT2D eigenvalue weighted by Gasteiger charge is 2.45. The summed E-state index contributed by atoms with van der Waals surface area (Å²) in [6, 6.07) is 0.441. The van der Waals surface area contributed by atoms with Gasteiger partial charge in [0.25, 0.3) is 0 Å². The molecule has 32 heavy (non-hydrogen) atoms. The lowest BCUT2D eigenvalue weighted by molar-refractivity contribution is -0.0789. The second kappa shape index (κ2) is 9.51. The van der Waals surface area contributed by atoms with Crippen LogP contribution in [0.25, 0.3) is 0 Å². The first kappa shape index (κ1) is 23.2. The molecule has 178 valence electrons. The number of hydrogen-bond donors (Lipinski definition) is 0. The first-order valence-electron chi connectivity index (χ1n) is 11.5. The number of hydrogen-bond acceptors (Lipinski definition) is 8. The van der Waals surface area contributed by atoms with E-state index in [2.05, 4.69) is 9.97 Å². The van der Waals surface area contributed by atoms with E-state index in [0.29, 0.717) is 5.88 Å². The Labute approximate surface area is 189 Å². The van der Waals surface area contributed by atoms with Crippen molar-refractivity contribution in [1.82, 2.24) is 14.9 Å². The van der Waals surface area contributed by atoms with Gasteiger partial charge in [0.05, 0.1) is 30.7 Å². The molecule has 3 aliphatic rings. The molecular weight excluding hydrogens is 434 g/mol. The maximum Gasteiger partial charge on any atom is 0.410 e. The van der Waals surface area contributed by atoms with E-state index in [4.69, 9.17) is 14.2 Å². The molecule has 2 atom stereocenters. The number of carbonyl (C=O) groups excluding carboxylic acids is 1. The van der Waals surface area contributed by atoms with Crippen LogP contribution in [-0.4, -0.2) is 72.1 Å². The largest absolute Gasteiger partial charge is 0.473 e. The lowest BCUT2D eigenvalue weighted by Gasteiger charge is -2.40. The average molecular weight is 468 g/mol. The minimum Gasteiger partial charge on any atom is -0.473 e. The highest BCUT2D eigenvalue weighted by atomic mass is 32.2. The Morgan fingerprint density at radius 3 is 2.12 bits per heavy atom. The quantitative estimate of drug-likeness (QED) is 0.628. The number of nitrogens with zero attached hydrogens (tertiary/aromatic N) is 3. The molecule has 2 aliphatic heterocycles. The molecule has 1 amide bonds. The molecule has 0 N–H and O–H groups in total. The molecular formula is C22H33N3O6S. The van der Waals surface area contributed by atoms with Crippen LogP contribution in [0.5, 0.6) is 5.88 Å². The summed E-state index contributed by atoms with van der Waals surface area (Å²) in [7, 11) is -3.37. The Balaban J connectivity index is 1.23. The van der Waals surface area contributed by atoms with E-state index in [1.54, 1.807) is 0 Å². The van der Waals surface area contributed by atoms with Gasteiger partial charge in [0.1, 0.15) is 6.10 Å². The summed E-state index contributed by atoms with van der Waals surface area (Å²) in [5, 5.41) is -0.0561. The van der Waals surface area contributed by atoms with Gasteiger partial charge in [-0.1, -0.05) is 0 Å². The van der Waals surface area contributed by atoms with Crippen molar-refractivity contribution in [3.05, 3.63) is 12.4 Å². The highest BCUT2D eigenvalue weighted by molar-refractivity contribution is 7.90. The van der Waals surface area contributed by atoms with Gasteiger partial charge >= 0.3 is 6.09 Å². The summed E-state index contributed by atoms with van der Waals surface area (Å²) in [5.74, 6) is 0.346. The third-order valence-corrected chi connectivity index (χ3v) is 7.49. The van der Waals surface area contributed by atoms with Crippen molar-refractivity contribution in [2.75, 3.05) is 6.26 Å². The van der Waals surface area contributed by atoms with Crippen molar-refractivity contribution in [1.29, 1.82) is 0 Å². The summed E-state index contributed by atoms with van der Waals surface area (Å²) in [5.41, 5.74) is 0. The summed E-state index contributed by atoms with van der Waals surface area (Å²) in [4.78, 5) is 22.4. The molecule has 1 saturated carbocycles. The van der Waals surface area contributed by atoms with Crippen LogP contribution in [0, 0.1) is 0 Å². The van der Waals surface area contributed by atoms with Gasteiger partial charge in [0, 0.05) is 18.3 Å². The Hall–Kier alpha value is -1.94. The van der Waals surface area contributed by atoms with Gasteiger partial charge in [0.15, 0.2) is 14.9 Å². The molecule has 1 aromatic rings. The number of aromatic nitrogens is 2. The summed E-state index contributed by atoms with van der Waals surface area (Å²) < 4.78 is 40.8. The lowest BCUT2D eigenvalue weighted by atomic mass is 9.93. The van der Waals surface area contributed by atoms with Gasteiger partial charge < -0.3 is 19.1 Å². The molecule has 2 saturated heterocycles. The zero-order chi connectivity index (χ0) is 22.9. The molecule has 0 spiro atoms. The molecule has 1 aliphatic carbocycles. The normalized spacial score (nSPS) is 30.4. The fourth-order valence-electron chi connectivity index (χ4n) is 5.08. The van der Waals surface area contributed by atoms with Crippen LogP contribution in [0.4, 0.5) is 4.79 Å². The van der Waals surface area contributed by atoms with Crippen molar-refractivity contribution in [3.63, 3.8) is 0 Å². The maximum atomic E-state index is 12.4. The first-order chi connectivity index (χ1) is 15.2. The van der Waals surface area contributed by atoms with Crippen molar-refractivity contribution in [2.45, 2.75) is 107 Å². The van der Waals surface area contributed by atoms with E-state index >= 15 is 0 Å². The smallest absolute Gasteiger partial charge is 0.410 e. The standard InChI is InChI=1S/C22H33N3O6S/c1-14(2)29-22(26)25-15-4-5-16(25)11-19(10-15)30-17-6-8-18(9-7-17)31-20-12-24-21(13-23-20)32(3,27)28/h12-19H,4-11H2,1-3H3. The van der Waals surface area contributed by atoms with E-state index in [0.717, 1.165) is 57.6 Å². The van der Waals surface area contributed by atoms with E-state index < -0.39 is 9.84 Å². The van der Waals surface area contributed by atoms with Gasteiger partial charge in [-0.05, 0) is 65.2 Å². The van der Waals surface area contributed by atoms with Crippen LogP contribution < -0.4 is 4.74 Å². The van der Waals surface area contributed by atoms with Gasteiger partial charge in [-0.3, -0.25) is 0 Å². The number of ether oxygens (including phenoxy) is 3. The third kappa shape index (κ3) is 5.51. The third-order valence-electron chi connectivity index (χ3n) is 6.52. The van der Waals surface area contributed by atoms with Gasteiger partial charge in [-0.15, -0.1) is 0 Å². The molecule has 0 radical (unpaired) electrons. The molecule has 2 unspecified atom stereocenters. The van der Waals surface area contributed by atoms with Crippen LogP contribution in [0.3, 0.4) is 0 Å². The number of rotatable bonds is 6. The molecule has 3 heterocycles. The zero-order valence-electron chi connectivity index (χ0n) is 19.0. The van der Waals surface area contributed by atoms with E-state index in [1.807, 2.05) is 18.7 Å². The maximum absolute atomic E-state index is 12.4. The predicted molar refractivity (Wildman–Crippen MR) is 116 cm³/mol.